The third-order valence-corrected chi connectivity index (χ3v) is 3.35. The first kappa shape index (κ1) is 13.3. The maximum absolute atomic E-state index is 13.5. The van der Waals surface area contributed by atoms with Gasteiger partial charge >= 0.3 is 0 Å². The van der Waals surface area contributed by atoms with Crippen LogP contribution in [0.3, 0.4) is 0 Å². The zero-order valence-electron chi connectivity index (χ0n) is 10.9. The second kappa shape index (κ2) is 5.70. The van der Waals surface area contributed by atoms with Crippen LogP contribution in [0, 0.1) is 17.1 Å². The number of nitriles is 1. The van der Waals surface area contributed by atoms with Crippen LogP contribution in [0.5, 0.6) is 0 Å². The van der Waals surface area contributed by atoms with E-state index in [1.807, 2.05) is 11.0 Å². The van der Waals surface area contributed by atoms with Crippen molar-refractivity contribution in [2.75, 3.05) is 31.6 Å². The smallest absolute Gasteiger partial charge is 0.242 e. The second-order valence-electron chi connectivity index (χ2n) is 4.69. The van der Waals surface area contributed by atoms with Gasteiger partial charge in [-0.25, -0.2) is 4.39 Å². The van der Waals surface area contributed by atoms with Crippen molar-refractivity contribution in [2.45, 2.75) is 12.8 Å². The van der Waals surface area contributed by atoms with Gasteiger partial charge in [-0.15, -0.1) is 0 Å². The molecule has 19 heavy (non-hydrogen) atoms. The number of halogens is 1. The summed E-state index contributed by atoms with van der Waals surface area (Å²) in [6.07, 6.45) is 2.08. The minimum atomic E-state index is -0.555. The molecule has 1 aliphatic rings. The molecule has 0 unspecified atom stereocenters. The van der Waals surface area contributed by atoms with Gasteiger partial charge in [-0.05, 0) is 25.0 Å². The Balaban J connectivity index is 2.12. The van der Waals surface area contributed by atoms with Crippen molar-refractivity contribution in [3.05, 3.63) is 29.6 Å². The van der Waals surface area contributed by atoms with Gasteiger partial charge in [-0.1, -0.05) is 6.07 Å². The van der Waals surface area contributed by atoms with E-state index in [1.165, 1.54) is 6.07 Å². The standard InChI is InChI=1S/C14H16FN3O/c1-17(10-14(19)18-7-2-3-8-18)13-6-4-5-12(15)11(13)9-16/h4-6H,2-3,7-8,10H2,1H3. The van der Waals surface area contributed by atoms with E-state index in [9.17, 15) is 9.18 Å². The Morgan fingerprint density at radius 1 is 1.47 bits per heavy atom. The molecule has 0 N–H and O–H groups in total. The van der Waals surface area contributed by atoms with Crippen LogP contribution in [0.1, 0.15) is 18.4 Å². The lowest BCUT2D eigenvalue weighted by molar-refractivity contribution is -0.128. The topological polar surface area (TPSA) is 47.3 Å². The highest BCUT2D eigenvalue weighted by atomic mass is 19.1. The number of rotatable bonds is 3. The van der Waals surface area contributed by atoms with Gasteiger partial charge in [0.1, 0.15) is 17.4 Å². The number of carbonyl (C=O) groups excluding carboxylic acids is 1. The predicted molar refractivity (Wildman–Crippen MR) is 70.2 cm³/mol. The lowest BCUT2D eigenvalue weighted by Crippen LogP contribution is -2.37. The largest absolute Gasteiger partial charge is 0.364 e. The lowest BCUT2D eigenvalue weighted by Gasteiger charge is -2.23. The van der Waals surface area contributed by atoms with E-state index in [1.54, 1.807) is 24.1 Å². The third kappa shape index (κ3) is 2.84. The average molecular weight is 261 g/mol. The highest BCUT2D eigenvalue weighted by Crippen LogP contribution is 2.21. The zero-order chi connectivity index (χ0) is 13.8. The van der Waals surface area contributed by atoms with E-state index in [2.05, 4.69) is 0 Å². The van der Waals surface area contributed by atoms with Crippen molar-refractivity contribution < 1.29 is 9.18 Å². The summed E-state index contributed by atoms with van der Waals surface area (Å²) in [5.41, 5.74) is 0.439. The average Bonchev–Trinajstić information content (AvgIpc) is 2.92. The molecule has 1 aromatic rings. The summed E-state index contributed by atoms with van der Waals surface area (Å²) in [7, 11) is 1.70. The number of hydrogen-bond donors (Lipinski definition) is 0. The fourth-order valence-electron chi connectivity index (χ4n) is 2.30. The van der Waals surface area contributed by atoms with Gasteiger partial charge in [-0.3, -0.25) is 4.79 Å². The number of carbonyl (C=O) groups is 1. The molecule has 1 amide bonds. The van der Waals surface area contributed by atoms with Crippen molar-refractivity contribution in [3.63, 3.8) is 0 Å². The van der Waals surface area contributed by atoms with Gasteiger partial charge in [-0.2, -0.15) is 5.26 Å². The van der Waals surface area contributed by atoms with Crippen LogP contribution in [-0.2, 0) is 4.79 Å². The van der Waals surface area contributed by atoms with Gasteiger partial charge < -0.3 is 9.80 Å². The third-order valence-electron chi connectivity index (χ3n) is 3.35. The van der Waals surface area contributed by atoms with Crippen molar-refractivity contribution in [1.29, 1.82) is 5.26 Å². The Morgan fingerprint density at radius 3 is 2.79 bits per heavy atom. The zero-order valence-corrected chi connectivity index (χ0v) is 10.9. The second-order valence-corrected chi connectivity index (χ2v) is 4.69. The van der Waals surface area contributed by atoms with Crippen molar-refractivity contribution in [1.82, 2.24) is 4.90 Å². The van der Waals surface area contributed by atoms with Gasteiger partial charge in [0.2, 0.25) is 5.91 Å². The summed E-state index contributed by atoms with van der Waals surface area (Å²) in [5, 5.41) is 8.98. The summed E-state index contributed by atoms with van der Waals surface area (Å²) in [4.78, 5) is 15.5. The fraction of sp³-hybridized carbons (Fsp3) is 0.429. The molecule has 1 aliphatic heterocycles. The van der Waals surface area contributed by atoms with Crippen LogP contribution < -0.4 is 4.90 Å². The summed E-state index contributed by atoms with van der Waals surface area (Å²) in [6, 6.07) is 6.29. The molecular formula is C14H16FN3O. The van der Waals surface area contributed by atoms with E-state index in [0.29, 0.717) is 5.69 Å². The van der Waals surface area contributed by atoms with Crippen LogP contribution >= 0.6 is 0 Å². The van der Waals surface area contributed by atoms with Crippen LogP contribution in [0.25, 0.3) is 0 Å². The molecule has 1 fully saturated rings. The van der Waals surface area contributed by atoms with Gasteiger partial charge in [0.15, 0.2) is 0 Å². The van der Waals surface area contributed by atoms with E-state index in [0.717, 1.165) is 25.9 Å². The predicted octanol–water partition coefficient (Wildman–Crippen LogP) is 1.76. The molecule has 0 spiro atoms. The summed E-state index contributed by atoms with van der Waals surface area (Å²) >= 11 is 0. The summed E-state index contributed by atoms with van der Waals surface area (Å²) in [6.45, 7) is 1.75. The number of hydrogen-bond acceptors (Lipinski definition) is 3. The SMILES string of the molecule is CN(CC(=O)N1CCCC1)c1cccc(F)c1C#N. The Hall–Kier alpha value is -2.09. The molecule has 100 valence electrons. The molecule has 0 aromatic heterocycles. The van der Waals surface area contributed by atoms with Gasteiger partial charge in [0.25, 0.3) is 0 Å². The highest BCUT2D eigenvalue weighted by Gasteiger charge is 2.20. The lowest BCUT2D eigenvalue weighted by atomic mass is 10.1. The summed E-state index contributed by atoms with van der Waals surface area (Å²) < 4.78 is 13.5. The van der Waals surface area contributed by atoms with E-state index < -0.39 is 5.82 Å². The Morgan fingerprint density at radius 2 is 2.16 bits per heavy atom. The molecule has 2 rings (SSSR count). The monoisotopic (exact) mass is 261 g/mol. The molecule has 0 bridgehead atoms. The van der Waals surface area contributed by atoms with Gasteiger partial charge in [0, 0.05) is 20.1 Å². The van der Waals surface area contributed by atoms with Crippen molar-refractivity contribution >= 4 is 11.6 Å². The normalized spacial score (nSPS) is 14.3. The first-order valence-corrected chi connectivity index (χ1v) is 6.31. The quantitative estimate of drug-likeness (QED) is 0.833. The van der Waals surface area contributed by atoms with Crippen LogP contribution in [0.2, 0.25) is 0 Å². The van der Waals surface area contributed by atoms with E-state index >= 15 is 0 Å². The van der Waals surface area contributed by atoms with Crippen LogP contribution in [0.4, 0.5) is 10.1 Å². The van der Waals surface area contributed by atoms with Crippen LogP contribution in [0.15, 0.2) is 18.2 Å². The maximum Gasteiger partial charge on any atom is 0.242 e. The molecule has 0 atom stereocenters. The van der Waals surface area contributed by atoms with Crippen molar-refractivity contribution in [3.8, 4) is 6.07 Å². The Bertz CT molecular complexity index is 518. The van der Waals surface area contributed by atoms with Crippen molar-refractivity contribution in [2.24, 2.45) is 0 Å². The number of amides is 1. The maximum atomic E-state index is 13.5. The van der Waals surface area contributed by atoms with Crippen LogP contribution in [-0.4, -0.2) is 37.5 Å². The minimum absolute atomic E-state index is 0.0146. The number of benzene rings is 1. The summed E-state index contributed by atoms with van der Waals surface area (Å²) in [5.74, 6) is -0.534. The minimum Gasteiger partial charge on any atom is -0.364 e. The molecule has 0 aliphatic carbocycles. The van der Waals surface area contributed by atoms with Gasteiger partial charge in [0.05, 0.1) is 12.2 Å². The fourth-order valence-corrected chi connectivity index (χ4v) is 2.30. The molecule has 0 radical (unpaired) electrons. The molecule has 5 heteroatoms. The number of likely N-dealkylation sites (N-methyl/N-ethyl adjacent to an activating group) is 1. The number of likely N-dealkylation sites (tertiary alicyclic amines) is 1. The van der Waals surface area contributed by atoms with E-state index in [4.69, 9.17) is 5.26 Å². The molecular weight excluding hydrogens is 245 g/mol. The first-order chi connectivity index (χ1) is 9.13. The Labute approximate surface area is 112 Å². The molecule has 0 saturated carbocycles. The molecule has 1 aromatic carbocycles. The molecule has 1 saturated heterocycles. The number of nitrogens with zero attached hydrogens (tertiary/aromatic N) is 3. The molecule has 4 nitrogen and oxygen atoms in total. The number of anilines is 1. The van der Waals surface area contributed by atoms with E-state index in [-0.39, 0.29) is 18.0 Å². The Kier molecular flexibility index (Phi) is 4.00. The highest BCUT2D eigenvalue weighted by molar-refractivity contribution is 5.82. The first-order valence-electron chi connectivity index (χ1n) is 6.31. The molecule has 1 heterocycles.